The van der Waals surface area contributed by atoms with Crippen molar-refractivity contribution < 1.29 is 39.5 Å². The van der Waals surface area contributed by atoms with Gasteiger partial charge in [0.15, 0.2) is 12.4 Å². The normalized spacial score (nSPS) is 24.2. The predicted octanol–water partition coefficient (Wildman–Crippen LogP) is 2.30. The molecule has 0 aliphatic carbocycles. The van der Waals surface area contributed by atoms with Gasteiger partial charge in [0.1, 0.15) is 24.4 Å². The van der Waals surface area contributed by atoms with Crippen LogP contribution in [0.15, 0.2) is 0 Å². The van der Waals surface area contributed by atoms with Crippen molar-refractivity contribution in [3.05, 3.63) is 0 Å². The number of hydrogen-bond donors (Lipinski definition) is 6. The number of aliphatic hydroxyl groups is 4. The van der Waals surface area contributed by atoms with E-state index in [0.717, 1.165) is 19.3 Å². The molecule has 10 nitrogen and oxygen atoms in total. The lowest BCUT2D eigenvalue weighted by atomic mass is 9.97. The third-order valence-corrected chi connectivity index (χ3v) is 7.05. The fraction of sp³-hybridized carbons (Fsp3) is 0.929. The van der Waals surface area contributed by atoms with Crippen LogP contribution in [0.1, 0.15) is 110 Å². The standard InChI is InChI=1S/C28H54N2O8/c1-3-4-5-6-7-8-9-10-11-12-13-14-15-16-17-18-29-27(36)22(33)20-37-28-24(30-21(2)32)26(35)25(34)23(19-31)38-28/h22-26,28,31,33-35H,3-20H2,1-2H3,(H,29,36)(H,30,32)/t22-,23-,24-,25-,26-,28+/m1/s1. The molecular formula is C28H54N2O8. The highest BCUT2D eigenvalue weighted by molar-refractivity contribution is 5.80. The molecule has 0 unspecified atom stereocenters. The van der Waals surface area contributed by atoms with Gasteiger partial charge >= 0.3 is 0 Å². The lowest BCUT2D eigenvalue weighted by Crippen LogP contribution is -2.64. The first-order chi connectivity index (χ1) is 18.3. The number of nitrogens with one attached hydrogen (secondary N) is 2. The molecule has 1 heterocycles. The minimum absolute atomic E-state index is 0.438. The van der Waals surface area contributed by atoms with Crippen LogP contribution in [0.25, 0.3) is 0 Å². The van der Waals surface area contributed by atoms with Gasteiger partial charge in [-0.05, 0) is 6.42 Å². The molecule has 6 N–H and O–H groups in total. The number of amides is 2. The summed E-state index contributed by atoms with van der Waals surface area (Å²) >= 11 is 0. The van der Waals surface area contributed by atoms with Crippen molar-refractivity contribution in [2.75, 3.05) is 19.8 Å². The highest BCUT2D eigenvalue weighted by Crippen LogP contribution is 2.22. The zero-order valence-electron chi connectivity index (χ0n) is 23.6. The van der Waals surface area contributed by atoms with Gasteiger partial charge in [0.25, 0.3) is 5.91 Å². The van der Waals surface area contributed by atoms with Crippen LogP contribution in [0.5, 0.6) is 0 Å². The highest BCUT2D eigenvalue weighted by atomic mass is 16.7. The van der Waals surface area contributed by atoms with Crippen molar-refractivity contribution in [3.8, 4) is 0 Å². The molecule has 224 valence electrons. The maximum Gasteiger partial charge on any atom is 0.251 e. The Morgan fingerprint density at radius 3 is 1.82 bits per heavy atom. The lowest BCUT2D eigenvalue weighted by molar-refractivity contribution is -0.273. The summed E-state index contributed by atoms with van der Waals surface area (Å²) in [6.07, 6.45) is 12.2. The number of ether oxygens (including phenoxy) is 2. The van der Waals surface area contributed by atoms with Gasteiger partial charge in [0.05, 0.1) is 13.2 Å². The van der Waals surface area contributed by atoms with Crippen molar-refractivity contribution in [3.63, 3.8) is 0 Å². The van der Waals surface area contributed by atoms with E-state index in [0.29, 0.717) is 6.54 Å². The number of hydrogen-bond acceptors (Lipinski definition) is 8. The third-order valence-electron chi connectivity index (χ3n) is 7.05. The summed E-state index contributed by atoms with van der Waals surface area (Å²) in [4.78, 5) is 23.6. The molecule has 0 radical (unpaired) electrons. The van der Waals surface area contributed by atoms with Crippen LogP contribution in [0.4, 0.5) is 0 Å². The molecule has 1 aliphatic rings. The monoisotopic (exact) mass is 546 g/mol. The van der Waals surface area contributed by atoms with Crippen molar-refractivity contribution in [1.29, 1.82) is 0 Å². The van der Waals surface area contributed by atoms with Crippen LogP contribution in [0.2, 0.25) is 0 Å². The van der Waals surface area contributed by atoms with E-state index in [1.54, 1.807) is 0 Å². The molecule has 2 amide bonds. The smallest absolute Gasteiger partial charge is 0.251 e. The molecule has 1 saturated heterocycles. The molecule has 0 aromatic rings. The van der Waals surface area contributed by atoms with Crippen LogP contribution in [-0.2, 0) is 19.1 Å². The Morgan fingerprint density at radius 2 is 1.34 bits per heavy atom. The van der Waals surface area contributed by atoms with Gasteiger partial charge < -0.3 is 40.5 Å². The van der Waals surface area contributed by atoms with Crippen LogP contribution in [0.3, 0.4) is 0 Å². The summed E-state index contributed by atoms with van der Waals surface area (Å²) in [5.74, 6) is -1.07. The van der Waals surface area contributed by atoms with E-state index in [-0.39, 0.29) is 0 Å². The molecule has 38 heavy (non-hydrogen) atoms. The van der Waals surface area contributed by atoms with Crippen molar-refractivity contribution in [1.82, 2.24) is 10.6 Å². The first kappa shape index (κ1) is 34.7. The maximum absolute atomic E-state index is 12.2. The molecule has 1 rings (SSSR count). The second-order valence-corrected chi connectivity index (χ2v) is 10.5. The molecule has 0 aromatic carbocycles. The average molecular weight is 547 g/mol. The maximum atomic E-state index is 12.2. The topological polar surface area (TPSA) is 158 Å². The molecule has 6 atom stereocenters. The quantitative estimate of drug-likeness (QED) is 0.113. The van der Waals surface area contributed by atoms with Gasteiger partial charge in [-0.2, -0.15) is 0 Å². The summed E-state index contributed by atoms with van der Waals surface area (Å²) in [5.41, 5.74) is 0. The predicted molar refractivity (Wildman–Crippen MR) is 145 cm³/mol. The Kier molecular flexibility index (Phi) is 19.7. The van der Waals surface area contributed by atoms with Crippen LogP contribution < -0.4 is 10.6 Å². The second kappa shape index (κ2) is 21.5. The first-order valence-electron chi connectivity index (χ1n) is 14.8. The van der Waals surface area contributed by atoms with Crippen molar-refractivity contribution in [2.45, 2.75) is 147 Å². The van der Waals surface area contributed by atoms with Gasteiger partial charge in [-0.3, -0.25) is 9.59 Å². The van der Waals surface area contributed by atoms with Crippen LogP contribution in [-0.4, -0.2) is 88.7 Å². The van der Waals surface area contributed by atoms with E-state index < -0.39 is 61.8 Å². The zero-order valence-corrected chi connectivity index (χ0v) is 23.6. The third kappa shape index (κ3) is 14.7. The number of carbonyl (C=O) groups is 2. The fourth-order valence-corrected chi connectivity index (χ4v) is 4.70. The van der Waals surface area contributed by atoms with Gasteiger partial charge in [-0.1, -0.05) is 96.8 Å². The molecule has 0 spiro atoms. The lowest BCUT2D eigenvalue weighted by Gasteiger charge is -2.42. The summed E-state index contributed by atoms with van der Waals surface area (Å²) < 4.78 is 10.8. The summed E-state index contributed by atoms with van der Waals surface area (Å²) in [6, 6.07) is -1.12. The Labute approximate surface area is 228 Å². The fourth-order valence-electron chi connectivity index (χ4n) is 4.70. The minimum Gasteiger partial charge on any atom is -0.394 e. The van der Waals surface area contributed by atoms with E-state index in [2.05, 4.69) is 17.6 Å². The number of rotatable bonds is 22. The SMILES string of the molecule is CCCCCCCCCCCCCCCCCNC(=O)[C@H](O)CO[C@H]1O[C@H](CO)[C@@H](O)[C@H](O)[C@H]1NC(C)=O. The van der Waals surface area contributed by atoms with Gasteiger partial charge in [-0.15, -0.1) is 0 Å². The van der Waals surface area contributed by atoms with E-state index in [1.165, 1.54) is 84.0 Å². The minimum atomic E-state index is -1.47. The first-order valence-corrected chi connectivity index (χ1v) is 14.8. The summed E-state index contributed by atoms with van der Waals surface area (Å²) in [5, 5.41) is 44.9. The van der Waals surface area contributed by atoms with E-state index in [4.69, 9.17) is 9.47 Å². The Balaban J connectivity index is 2.10. The number of carbonyl (C=O) groups excluding carboxylic acids is 2. The van der Waals surface area contributed by atoms with E-state index >= 15 is 0 Å². The molecule has 0 aromatic heterocycles. The Morgan fingerprint density at radius 1 is 0.842 bits per heavy atom. The van der Waals surface area contributed by atoms with Crippen LogP contribution in [0, 0.1) is 0 Å². The Hall–Kier alpha value is -1.30. The summed E-state index contributed by atoms with van der Waals surface area (Å²) in [7, 11) is 0. The Bertz CT molecular complexity index is 624. The van der Waals surface area contributed by atoms with E-state index in [9.17, 15) is 30.0 Å². The molecular weight excluding hydrogens is 492 g/mol. The average Bonchev–Trinajstić information content (AvgIpc) is 2.90. The van der Waals surface area contributed by atoms with E-state index in [1.807, 2.05) is 0 Å². The van der Waals surface area contributed by atoms with Gasteiger partial charge in [0, 0.05) is 13.5 Å². The molecule has 1 fully saturated rings. The molecule has 1 aliphatic heterocycles. The number of unbranched alkanes of at least 4 members (excludes halogenated alkanes) is 14. The zero-order chi connectivity index (χ0) is 28.2. The van der Waals surface area contributed by atoms with Crippen LogP contribution >= 0.6 is 0 Å². The molecule has 10 heteroatoms. The largest absolute Gasteiger partial charge is 0.394 e. The van der Waals surface area contributed by atoms with Crippen molar-refractivity contribution >= 4 is 11.8 Å². The second-order valence-electron chi connectivity index (χ2n) is 10.5. The van der Waals surface area contributed by atoms with Gasteiger partial charge in [0.2, 0.25) is 5.91 Å². The number of aliphatic hydroxyl groups excluding tert-OH is 4. The van der Waals surface area contributed by atoms with Crippen molar-refractivity contribution in [2.24, 2.45) is 0 Å². The summed E-state index contributed by atoms with van der Waals surface area (Å²) in [6.45, 7) is 2.93. The highest BCUT2D eigenvalue weighted by Gasteiger charge is 2.45. The van der Waals surface area contributed by atoms with Gasteiger partial charge in [-0.25, -0.2) is 0 Å². The molecule has 0 saturated carbocycles. The molecule has 0 bridgehead atoms.